The van der Waals surface area contributed by atoms with Crippen LogP contribution in [0.25, 0.3) is 5.52 Å². The van der Waals surface area contributed by atoms with Gasteiger partial charge in [0.15, 0.2) is 0 Å². The van der Waals surface area contributed by atoms with Crippen molar-refractivity contribution in [2.24, 2.45) is 17.1 Å². The fraction of sp³-hybridized carbons (Fsp3) is 0.550. The smallest absolute Gasteiger partial charge is 0.252 e. The fourth-order valence-corrected chi connectivity index (χ4v) is 3.10. The number of anilines is 2. The number of ether oxygens (including phenoxy) is 1. The number of primary amides is 1. The molecule has 0 spiro atoms. The van der Waals surface area contributed by atoms with E-state index in [0.29, 0.717) is 35.7 Å². The first-order valence-corrected chi connectivity index (χ1v) is 9.63. The van der Waals surface area contributed by atoms with Crippen molar-refractivity contribution in [1.82, 2.24) is 9.61 Å². The third kappa shape index (κ3) is 4.27. The summed E-state index contributed by atoms with van der Waals surface area (Å²) in [7, 11) is 0. The molecule has 2 aromatic heterocycles. The maximum Gasteiger partial charge on any atom is 0.252 e. The molecule has 1 unspecified atom stereocenters. The zero-order chi connectivity index (χ0) is 20.5. The molecule has 0 aromatic carbocycles. The van der Waals surface area contributed by atoms with Crippen LogP contribution in [0.5, 0.6) is 0 Å². The number of aromatic nitrogens is 2. The monoisotopic (exact) mass is 387 g/mol. The molecule has 8 nitrogen and oxygen atoms in total. The van der Waals surface area contributed by atoms with Crippen molar-refractivity contribution < 1.29 is 14.3 Å². The highest BCUT2D eigenvalue weighted by molar-refractivity contribution is 6.03. The number of nitrogens with two attached hydrogens (primary N) is 1. The van der Waals surface area contributed by atoms with Gasteiger partial charge in [0.05, 0.1) is 34.8 Å². The van der Waals surface area contributed by atoms with Crippen molar-refractivity contribution in [3.8, 4) is 0 Å². The average molecular weight is 387 g/mol. The van der Waals surface area contributed by atoms with Crippen LogP contribution in [-0.4, -0.2) is 40.7 Å². The molecule has 0 radical (unpaired) electrons. The number of hydrogen-bond donors (Lipinski definition) is 3. The molecule has 1 aliphatic rings. The first kappa shape index (κ1) is 20.1. The van der Waals surface area contributed by atoms with E-state index in [4.69, 9.17) is 10.5 Å². The van der Waals surface area contributed by atoms with E-state index in [0.717, 1.165) is 12.8 Å². The Morgan fingerprint density at radius 3 is 2.61 bits per heavy atom. The second-order valence-corrected chi connectivity index (χ2v) is 8.46. The van der Waals surface area contributed by atoms with Crippen molar-refractivity contribution in [3.63, 3.8) is 0 Å². The molecule has 0 saturated carbocycles. The van der Waals surface area contributed by atoms with Crippen molar-refractivity contribution in [2.45, 2.75) is 46.6 Å². The molecule has 3 rings (SSSR count). The van der Waals surface area contributed by atoms with Crippen LogP contribution in [0, 0.1) is 11.3 Å². The Morgan fingerprint density at radius 1 is 1.32 bits per heavy atom. The number of nitrogens with zero attached hydrogens (tertiary/aromatic N) is 2. The predicted octanol–water partition coefficient (Wildman–Crippen LogP) is 2.64. The fourth-order valence-electron chi connectivity index (χ4n) is 3.10. The summed E-state index contributed by atoms with van der Waals surface area (Å²) in [6.07, 6.45) is 4.64. The summed E-state index contributed by atoms with van der Waals surface area (Å²) < 4.78 is 6.96. The molecule has 152 valence electrons. The highest BCUT2D eigenvalue weighted by Gasteiger charge is 2.25. The van der Waals surface area contributed by atoms with E-state index in [-0.39, 0.29) is 23.3 Å². The van der Waals surface area contributed by atoms with Crippen LogP contribution in [0.3, 0.4) is 0 Å². The molecule has 1 aliphatic heterocycles. The molecular formula is C20H29N5O3. The van der Waals surface area contributed by atoms with Gasteiger partial charge in [-0.25, -0.2) is 4.52 Å². The zero-order valence-corrected chi connectivity index (χ0v) is 16.9. The standard InChI is InChI=1S/C20H29N5O3/c1-12(20(2,3)4)23-17-15(18(21)26)10-22-25-11-14(9-16(17)25)24-19(27)13-5-7-28-8-6-13/h9-13,23H,5-8H2,1-4H3,(H2,21,26)(H,24,27). The summed E-state index contributed by atoms with van der Waals surface area (Å²) in [4.78, 5) is 24.5. The minimum absolute atomic E-state index is 0.0214. The SMILES string of the molecule is CC(Nc1c(C(N)=O)cnn2cc(NC(=O)C3CCOCC3)cc12)C(C)(C)C. The van der Waals surface area contributed by atoms with Gasteiger partial charge in [-0.05, 0) is 31.2 Å². The van der Waals surface area contributed by atoms with Crippen molar-refractivity contribution in [3.05, 3.63) is 24.0 Å². The van der Waals surface area contributed by atoms with Crippen LogP contribution < -0.4 is 16.4 Å². The average Bonchev–Trinajstić information content (AvgIpc) is 3.04. The molecule has 3 heterocycles. The van der Waals surface area contributed by atoms with Crippen LogP contribution in [0.2, 0.25) is 0 Å². The van der Waals surface area contributed by atoms with E-state index in [1.807, 2.05) is 6.07 Å². The lowest BCUT2D eigenvalue weighted by Crippen LogP contribution is -2.32. The third-order valence-electron chi connectivity index (χ3n) is 5.42. The van der Waals surface area contributed by atoms with Gasteiger partial charge in [-0.1, -0.05) is 20.8 Å². The quantitative estimate of drug-likeness (QED) is 0.730. The molecule has 2 amide bonds. The Labute approximate surface area is 164 Å². The number of carbonyl (C=O) groups is 2. The topological polar surface area (TPSA) is 111 Å². The number of amides is 2. The Balaban J connectivity index is 1.92. The lowest BCUT2D eigenvalue weighted by Gasteiger charge is -2.29. The van der Waals surface area contributed by atoms with E-state index in [1.165, 1.54) is 6.20 Å². The van der Waals surface area contributed by atoms with Gasteiger partial charge in [-0.15, -0.1) is 0 Å². The highest BCUT2D eigenvalue weighted by atomic mass is 16.5. The first-order chi connectivity index (χ1) is 13.2. The van der Waals surface area contributed by atoms with Gasteiger partial charge in [0.25, 0.3) is 5.91 Å². The van der Waals surface area contributed by atoms with Gasteiger partial charge in [0.1, 0.15) is 0 Å². The second kappa shape index (κ2) is 7.79. The largest absolute Gasteiger partial charge is 0.381 e. The van der Waals surface area contributed by atoms with Gasteiger partial charge in [0, 0.05) is 25.2 Å². The number of nitrogens with one attached hydrogen (secondary N) is 2. The summed E-state index contributed by atoms with van der Waals surface area (Å²) in [5.41, 5.74) is 7.81. The Hall–Kier alpha value is -2.61. The van der Waals surface area contributed by atoms with E-state index >= 15 is 0 Å². The van der Waals surface area contributed by atoms with Crippen molar-refractivity contribution >= 4 is 28.7 Å². The second-order valence-electron chi connectivity index (χ2n) is 8.46. The number of carbonyl (C=O) groups excluding carboxylic acids is 2. The van der Waals surface area contributed by atoms with E-state index in [1.54, 1.807) is 10.7 Å². The summed E-state index contributed by atoms with van der Waals surface area (Å²) in [6, 6.07) is 1.89. The van der Waals surface area contributed by atoms with Gasteiger partial charge < -0.3 is 21.1 Å². The molecule has 4 N–H and O–H groups in total. The van der Waals surface area contributed by atoms with Gasteiger partial charge in [0.2, 0.25) is 5.91 Å². The minimum Gasteiger partial charge on any atom is -0.381 e. The zero-order valence-electron chi connectivity index (χ0n) is 16.9. The van der Waals surface area contributed by atoms with Crippen LogP contribution in [-0.2, 0) is 9.53 Å². The molecule has 2 aromatic rings. The van der Waals surface area contributed by atoms with E-state index in [2.05, 4.69) is 43.4 Å². The molecular weight excluding hydrogens is 358 g/mol. The lowest BCUT2D eigenvalue weighted by atomic mass is 9.88. The Bertz CT molecular complexity index is 878. The minimum atomic E-state index is -0.549. The lowest BCUT2D eigenvalue weighted by molar-refractivity contribution is -0.122. The number of fused-ring (bicyclic) bond motifs is 1. The summed E-state index contributed by atoms with van der Waals surface area (Å²) in [6.45, 7) is 9.62. The summed E-state index contributed by atoms with van der Waals surface area (Å²) in [5, 5.41) is 10.7. The molecule has 1 atom stereocenters. The van der Waals surface area contributed by atoms with Gasteiger partial charge >= 0.3 is 0 Å². The number of rotatable bonds is 5. The maximum atomic E-state index is 12.5. The van der Waals surface area contributed by atoms with Gasteiger partial charge in [-0.2, -0.15) is 5.10 Å². The predicted molar refractivity (Wildman–Crippen MR) is 108 cm³/mol. The van der Waals surface area contributed by atoms with E-state index < -0.39 is 5.91 Å². The third-order valence-corrected chi connectivity index (χ3v) is 5.42. The normalized spacial score (nSPS) is 16.7. The number of hydrogen-bond acceptors (Lipinski definition) is 5. The highest BCUT2D eigenvalue weighted by Crippen LogP contribution is 2.30. The molecule has 1 saturated heterocycles. The van der Waals surface area contributed by atoms with Crippen LogP contribution in [0.4, 0.5) is 11.4 Å². The molecule has 0 bridgehead atoms. The van der Waals surface area contributed by atoms with Gasteiger partial charge in [-0.3, -0.25) is 9.59 Å². The van der Waals surface area contributed by atoms with Crippen LogP contribution in [0.1, 0.15) is 50.9 Å². The summed E-state index contributed by atoms with van der Waals surface area (Å²) >= 11 is 0. The molecule has 1 fully saturated rings. The van der Waals surface area contributed by atoms with E-state index in [9.17, 15) is 9.59 Å². The molecule has 8 heteroatoms. The van der Waals surface area contributed by atoms with Crippen LogP contribution in [0.15, 0.2) is 18.5 Å². The molecule has 28 heavy (non-hydrogen) atoms. The Kier molecular flexibility index (Phi) is 5.60. The Morgan fingerprint density at radius 2 is 2.00 bits per heavy atom. The first-order valence-electron chi connectivity index (χ1n) is 9.63. The van der Waals surface area contributed by atoms with Crippen LogP contribution >= 0.6 is 0 Å². The summed E-state index contributed by atoms with van der Waals surface area (Å²) in [5.74, 6) is -0.621. The molecule has 0 aliphatic carbocycles. The van der Waals surface area contributed by atoms with Crippen molar-refractivity contribution in [1.29, 1.82) is 0 Å². The van der Waals surface area contributed by atoms with Crippen molar-refractivity contribution in [2.75, 3.05) is 23.8 Å². The maximum absolute atomic E-state index is 12.5.